The van der Waals surface area contributed by atoms with Gasteiger partial charge in [0.1, 0.15) is 12.6 Å². The molecule has 0 saturated carbocycles. The Balaban J connectivity index is 1.78. The van der Waals surface area contributed by atoms with Crippen LogP contribution in [-0.4, -0.2) is 44.3 Å². The molecule has 0 fully saturated rings. The van der Waals surface area contributed by atoms with Gasteiger partial charge in [0, 0.05) is 19.5 Å². The summed E-state index contributed by atoms with van der Waals surface area (Å²) >= 11 is 6.47. The molecule has 0 spiro atoms. The van der Waals surface area contributed by atoms with Gasteiger partial charge >= 0.3 is 0 Å². The third-order valence-electron chi connectivity index (χ3n) is 6.55. The third-order valence-corrected chi connectivity index (χ3v) is 8.64. The molecule has 0 bridgehead atoms. The topological polar surface area (TPSA) is 86.8 Å². The number of nitrogens with zero attached hydrogens (tertiary/aromatic N) is 2. The highest BCUT2D eigenvalue weighted by atomic mass is 35.5. The lowest BCUT2D eigenvalue weighted by Crippen LogP contribution is -2.53. The van der Waals surface area contributed by atoms with Gasteiger partial charge in [-0.15, -0.1) is 0 Å². The van der Waals surface area contributed by atoms with E-state index in [1.54, 1.807) is 42.5 Å². The number of amides is 2. The number of anilines is 1. The molecule has 0 radical (unpaired) electrons. The summed E-state index contributed by atoms with van der Waals surface area (Å²) in [5.74, 6) is -0.865. The van der Waals surface area contributed by atoms with E-state index in [1.165, 1.54) is 17.0 Å². The number of benzene rings is 4. The summed E-state index contributed by atoms with van der Waals surface area (Å²) in [6, 6.07) is 32.2. The molecular formula is C32H32ClN3O4S. The molecule has 7 nitrogen and oxygen atoms in total. The molecule has 212 valence electrons. The van der Waals surface area contributed by atoms with Crippen LogP contribution >= 0.6 is 11.6 Å². The SMILES string of the molecule is CCNC(=O)[C@@H](Cc1ccccc1)N(Cc1ccccc1)C(=O)CN(c1ccccc1Cl)S(=O)(=O)c1ccccc1. The molecule has 0 aliphatic heterocycles. The molecule has 0 heterocycles. The van der Waals surface area contributed by atoms with Crippen molar-refractivity contribution < 1.29 is 18.0 Å². The van der Waals surface area contributed by atoms with Gasteiger partial charge in [0.05, 0.1) is 15.6 Å². The molecule has 0 unspecified atom stereocenters. The minimum Gasteiger partial charge on any atom is -0.355 e. The lowest BCUT2D eigenvalue weighted by atomic mass is 10.0. The van der Waals surface area contributed by atoms with Crippen molar-refractivity contribution in [3.05, 3.63) is 131 Å². The van der Waals surface area contributed by atoms with Gasteiger partial charge in [-0.3, -0.25) is 13.9 Å². The number of likely N-dealkylation sites (N-methyl/N-ethyl adjacent to an activating group) is 1. The fraction of sp³-hybridized carbons (Fsp3) is 0.188. The maximum atomic E-state index is 14.3. The number of sulfonamides is 1. The summed E-state index contributed by atoms with van der Waals surface area (Å²) in [7, 11) is -4.19. The Kier molecular flexibility index (Phi) is 10.2. The van der Waals surface area contributed by atoms with E-state index < -0.39 is 28.5 Å². The zero-order valence-electron chi connectivity index (χ0n) is 22.7. The van der Waals surface area contributed by atoms with Gasteiger partial charge in [-0.25, -0.2) is 8.42 Å². The fourth-order valence-corrected chi connectivity index (χ4v) is 6.26. The standard InChI is InChI=1S/C32H32ClN3O4S/c1-2-34-32(38)30(22-25-14-6-3-7-15-25)35(23-26-16-8-4-9-17-26)31(37)24-36(29-21-13-12-20-28(29)33)41(39,40)27-18-10-5-11-19-27/h3-21,30H,2,22-24H2,1H3,(H,34,38)/t30-/m1/s1. The third kappa shape index (κ3) is 7.54. The summed E-state index contributed by atoms with van der Waals surface area (Å²) in [4.78, 5) is 29.2. The van der Waals surface area contributed by atoms with Crippen LogP contribution < -0.4 is 9.62 Å². The second-order valence-corrected chi connectivity index (χ2v) is 11.7. The molecule has 4 aromatic carbocycles. The van der Waals surface area contributed by atoms with Crippen molar-refractivity contribution in [3.63, 3.8) is 0 Å². The summed E-state index contributed by atoms with van der Waals surface area (Å²) in [5.41, 5.74) is 1.84. The van der Waals surface area contributed by atoms with E-state index >= 15 is 0 Å². The first-order valence-electron chi connectivity index (χ1n) is 13.3. The lowest BCUT2D eigenvalue weighted by Gasteiger charge is -2.34. The predicted molar refractivity (Wildman–Crippen MR) is 162 cm³/mol. The monoisotopic (exact) mass is 589 g/mol. The van der Waals surface area contributed by atoms with Crippen LogP contribution in [0, 0.1) is 0 Å². The van der Waals surface area contributed by atoms with E-state index in [2.05, 4.69) is 5.32 Å². The first kappa shape index (κ1) is 29.8. The fourth-order valence-electron chi connectivity index (χ4n) is 4.51. The van der Waals surface area contributed by atoms with Crippen molar-refractivity contribution in [1.29, 1.82) is 0 Å². The molecule has 1 atom stereocenters. The summed E-state index contributed by atoms with van der Waals surface area (Å²) < 4.78 is 28.8. The molecule has 0 aliphatic rings. The van der Waals surface area contributed by atoms with Crippen molar-refractivity contribution in [2.24, 2.45) is 0 Å². The van der Waals surface area contributed by atoms with Gasteiger partial charge in [0.15, 0.2) is 0 Å². The maximum Gasteiger partial charge on any atom is 0.264 e. The Morgan fingerprint density at radius 2 is 1.32 bits per heavy atom. The summed E-state index contributed by atoms with van der Waals surface area (Å²) in [6.45, 7) is 1.74. The number of hydrogen-bond acceptors (Lipinski definition) is 4. The van der Waals surface area contributed by atoms with Crippen LogP contribution in [-0.2, 0) is 32.6 Å². The second-order valence-electron chi connectivity index (χ2n) is 9.38. The molecule has 0 aromatic heterocycles. The predicted octanol–water partition coefficient (Wildman–Crippen LogP) is 5.31. The van der Waals surface area contributed by atoms with Crippen LogP contribution in [0.3, 0.4) is 0 Å². The van der Waals surface area contributed by atoms with Crippen molar-refractivity contribution in [2.45, 2.75) is 30.8 Å². The van der Waals surface area contributed by atoms with Gasteiger partial charge in [-0.2, -0.15) is 0 Å². The molecular weight excluding hydrogens is 558 g/mol. The number of nitrogens with one attached hydrogen (secondary N) is 1. The number of rotatable bonds is 12. The molecule has 2 amide bonds. The Bertz CT molecular complexity index is 1550. The van der Waals surface area contributed by atoms with Gasteiger partial charge < -0.3 is 10.2 Å². The van der Waals surface area contributed by atoms with Crippen molar-refractivity contribution in [1.82, 2.24) is 10.2 Å². The van der Waals surface area contributed by atoms with Gasteiger partial charge in [0.2, 0.25) is 11.8 Å². The van der Waals surface area contributed by atoms with Crippen LogP contribution in [0.4, 0.5) is 5.69 Å². The molecule has 41 heavy (non-hydrogen) atoms. The van der Waals surface area contributed by atoms with E-state index in [4.69, 9.17) is 11.6 Å². The van der Waals surface area contributed by atoms with Gasteiger partial charge in [0.25, 0.3) is 10.0 Å². The zero-order chi connectivity index (χ0) is 29.2. The van der Waals surface area contributed by atoms with Crippen molar-refractivity contribution >= 4 is 39.1 Å². The van der Waals surface area contributed by atoms with Gasteiger partial charge in [-0.1, -0.05) is 103 Å². The number of para-hydroxylation sites is 1. The van der Waals surface area contributed by atoms with E-state index in [1.807, 2.05) is 67.6 Å². The van der Waals surface area contributed by atoms with E-state index in [9.17, 15) is 18.0 Å². The summed E-state index contributed by atoms with van der Waals surface area (Å²) in [5, 5.41) is 3.03. The minimum absolute atomic E-state index is 0.0203. The normalized spacial score (nSPS) is 11.9. The van der Waals surface area contributed by atoms with E-state index in [-0.39, 0.29) is 34.5 Å². The molecule has 4 rings (SSSR count). The highest BCUT2D eigenvalue weighted by molar-refractivity contribution is 7.92. The molecule has 9 heteroatoms. The lowest BCUT2D eigenvalue weighted by molar-refractivity contribution is -0.140. The zero-order valence-corrected chi connectivity index (χ0v) is 24.3. The number of halogens is 1. The van der Waals surface area contributed by atoms with E-state index in [0.29, 0.717) is 6.54 Å². The molecule has 1 N–H and O–H groups in total. The number of hydrogen-bond donors (Lipinski definition) is 1. The minimum atomic E-state index is -4.19. The average molecular weight is 590 g/mol. The smallest absolute Gasteiger partial charge is 0.264 e. The largest absolute Gasteiger partial charge is 0.355 e. The van der Waals surface area contributed by atoms with Crippen LogP contribution in [0.25, 0.3) is 0 Å². The maximum absolute atomic E-state index is 14.3. The average Bonchev–Trinajstić information content (AvgIpc) is 2.99. The molecule has 4 aromatic rings. The number of carbonyl (C=O) groups is 2. The van der Waals surface area contributed by atoms with Crippen molar-refractivity contribution in [3.8, 4) is 0 Å². The van der Waals surface area contributed by atoms with Gasteiger partial charge in [-0.05, 0) is 42.3 Å². The quantitative estimate of drug-likeness (QED) is 0.243. The highest BCUT2D eigenvalue weighted by Crippen LogP contribution is 2.30. The number of carbonyl (C=O) groups excluding carboxylic acids is 2. The van der Waals surface area contributed by atoms with Crippen molar-refractivity contribution in [2.75, 3.05) is 17.4 Å². The Labute approximate surface area is 246 Å². The second kappa shape index (κ2) is 14.0. The van der Waals surface area contributed by atoms with E-state index in [0.717, 1.165) is 15.4 Å². The Morgan fingerprint density at radius 3 is 1.90 bits per heavy atom. The molecule has 0 saturated heterocycles. The first-order valence-corrected chi connectivity index (χ1v) is 15.1. The summed E-state index contributed by atoms with van der Waals surface area (Å²) in [6.07, 6.45) is 0.253. The van der Waals surface area contributed by atoms with Crippen LogP contribution in [0.1, 0.15) is 18.1 Å². The Morgan fingerprint density at radius 1 is 0.780 bits per heavy atom. The highest BCUT2D eigenvalue weighted by Gasteiger charge is 2.35. The van der Waals surface area contributed by atoms with Crippen LogP contribution in [0.15, 0.2) is 120 Å². The van der Waals surface area contributed by atoms with Crippen LogP contribution in [0.5, 0.6) is 0 Å². The first-order chi connectivity index (χ1) is 19.8. The van der Waals surface area contributed by atoms with Crippen LogP contribution in [0.2, 0.25) is 5.02 Å². The molecule has 0 aliphatic carbocycles. The Hall–Kier alpha value is -4.14.